The molecule has 1 saturated heterocycles. The molecule has 1 fully saturated rings. The van der Waals surface area contributed by atoms with Gasteiger partial charge in [0.2, 0.25) is 10.0 Å². The van der Waals surface area contributed by atoms with Gasteiger partial charge < -0.3 is 0 Å². The summed E-state index contributed by atoms with van der Waals surface area (Å²) >= 11 is 7.32. The lowest BCUT2D eigenvalue weighted by molar-refractivity contribution is 0.0879. The summed E-state index contributed by atoms with van der Waals surface area (Å²) in [4.78, 5) is 13.3. The Bertz CT molecular complexity index is 794. The minimum atomic E-state index is -3.55. The first-order chi connectivity index (χ1) is 11.0. The Morgan fingerprint density at radius 2 is 1.91 bits per heavy atom. The summed E-state index contributed by atoms with van der Waals surface area (Å²) in [7, 11) is -3.55. The van der Waals surface area contributed by atoms with Crippen molar-refractivity contribution >= 4 is 38.7 Å². The number of rotatable bonds is 4. The third-order valence-electron chi connectivity index (χ3n) is 4.02. The smallest absolute Gasteiger partial charge is 0.243 e. The van der Waals surface area contributed by atoms with E-state index in [1.54, 1.807) is 18.2 Å². The molecule has 2 heterocycles. The van der Waals surface area contributed by atoms with E-state index in [0.717, 1.165) is 4.88 Å². The number of sulfonamides is 1. The zero-order chi connectivity index (χ0) is 16.4. The SMILES string of the molecule is O=C(c1cccs1)C1CCN(S(=O)(=O)c2cccc(Cl)c2)CC1. The van der Waals surface area contributed by atoms with Gasteiger partial charge in [-0.3, -0.25) is 4.79 Å². The van der Waals surface area contributed by atoms with E-state index in [-0.39, 0.29) is 16.6 Å². The molecule has 0 saturated carbocycles. The second-order valence-corrected chi connectivity index (χ2v) is 8.80. The quantitative estimate of drug-likeness (QED) is 0.772. The molecule has 0 N–H and O–H groups in total. The standard InChI is InChI=1S/C16H16ClNO3S2/c17-13-3-1-4-14(11-13)23(20,21)18-8-6-12(7-9-18)16(19)15-5-2-10-22-15/h1-5,10-12H,6-9H2. The van der Waals surface area contributed by atoms with Crippen molar-refractivity contribution in [3.63, 3.8) is 0 Å². The van der Waals surface area contributed by atoms with Gasteiger partial charge in [-0.15, -0.1) is 11.3 Å². The lowest BCUT2D eigenvalue weighted by Gasteiger charge is -2.30. The Morgan fingerprint density at radius 3 is 2.52 bits per heavy atom. The zero-order valence-electron chi connectivity index (χ0n) is 12.3. The molecule has 1 aliphatic rings. The number of piperidine rings is 1. The normalized spacial score (nSPS) is 17.3. The fraction of sp³-hybridized carbons (Fsp3) is 0.312. The van der Waals surface area contributed by atoms with E-state index in [0.29, 0.717) is 31.0 Å². The van der Waals surface area contributed by atoms with Gasteiger partial charge in [-0.1, -0.05) is 23.7 Å². The molecule has 0 amide bonds. The fourth-order valence-corrected chi connectivity index (χ4v) is 5.27. The van der Waals surface area contributed by atoms with Crippen molar-refractivity contribution < 1.29 is 13.2 Å². The van der Waals surface area contributed by atoms with Crippen LogP contribution in [0.1, 0.15) is 22.5 Å². The van der Waals surface area contributed by atoms with Gasteiger partial charge in [0.15, 0.2) is 5.78 Å². The molecule has 0 spiro atoms. The molecule has 122 valence electrons. The number of hydrogen-bond donors (Lipinski definition) is 0. The van der Waals surface area contributed by atoms with E-state index in [1.807, 2.05) is 17.5 Å². The van der Waals surface area contributed by atoms with Gasteiger partial charge in [0.05, 0.1) is 9.77 Å². The van der Waals surface area contributed by atoms with Gasteiger partial charge >= 0.3 is 0 Å². The van der Waals surface area contributed by atoms with Gasteiger partial charge in [-0.05, 0) is 42.5 Å². The van der Waals surface area contributed by atoms with Gasteiger partial charge in [-0.25, -0.2) is 8.42 Å². The Kier molecular flexibility index (Phi) is 4.87. The predicted octanol–water partition coefficient (Wildman–Crippen LogP) is 3.69. The van der Waals surface area contributed by atoms with E-state index in [4.69, 9.17) is 11.6 Å². The molecule has 1 aromatic carbocycles. The number of thiophene rings is 1. The van der Waals surface area contributed by atoms with E-state index in [1.165, 1.54) is 21.7 Å². The topological polar surface area (TPSA) is 54.5 Å². The van der Waals surface area contributed by atoms with Crippen molar-refractivity contribution in [3.05, 3.63) is 51.7 Å². The van der Waals surface area contributed by atoms with Crippen LogP contribution in [0.15, 0.2) is 46.7 Å². The first kappa shape index (κ1) is 16.6. The number of halogens is 1. The molecule has 0 bridgehead atoms. The van der Waals surface area contributed by atoms with Crippen molar-refractivity contribution in [3.8, 4) is 0 Å². The summed E-state index contributed by atoms with van der Waals surface area (Å²) in [6.07, 6.45) is 1.10. The van der Waals surface area contributed by atoms with Crippen LogP contribution in [0.25, 0.3) is 0 Å². The van der Waals surface area contributed by atoms with Gasteiger partial charge in [0, 0.05) is 24.0 Å². The number of hydrogen-bond acceptors (Lipinski definition) is 4. The number of ketones is 1. The Hall–Kier alpha value is -1.21. The average molecular weight is 370 g/mol. The van der Waals surface area contributed by atoms with Crippen molar-refractivity contribution in [1.29, 1.82) is 0 Å². The Morgan fingerprint density at radius 1 is 1.17 bits per heavy atom. The van der Waals surface area contributed by atoms with Crippen molar-refractivity contribution in [2.75, 3.05) is 13.1 Å². The molecule has 0 aliphatic carbocycles. The predicted molar refractivity (Wildman–Crippen MR) is 91.6 cm³/mol. The summed E-state index contributed by atoms with van der Waals surface area (Å²) in [5.41, 5.74) is 0. The highest BCUT2D eigenvalue weighted by Crippen LogP contribution is 2.28. The molecule has 3 rings (SSSR count). The minimum Gasteiger partial charge on any atom is -0.293 e. The van der Waals surface area contributed by atoms with Crippen molar-refractivity contribution in [2.24, 2.45) is 5.92 Å². The number of benzene rings is 1. The van der Waals surface area contributed by atoms with Crippen LogP contribution in [-0.4, -0.2) is 31.6 Å². The van der Waals surface area contributed by atoms with E-state index < -0.39 is 10.0 Å². The summed E-state index contributed by atoms with van der Waals surface area (Å²) < 4.78 is 26.7. The molecule has 0 atom stereocenters. The van der Waals surface area contributed by atoms with Gasteiger partial charge in [0.1, 0.15) is 0 Å². The molecule has 4 nitrogen and oxygen atoms in total. The van der Waals surface area contributed by atoms with Gasteiger partial charge in [0.25, 0.3) is 0 Å². The third-order valence-corrected chi connectivity index (χ3v) is 7.04. The minimum absolute atomic E-state index is 0.0977. The highest BCUT2D eigenvalue weighted by atomic mass is 35.5. The van der Waals surface area contributed by atoms with Crippen LogP contribution in [-0.2, 0) is 10.0 Å². The van der Waals surface area contributed by atoms with Crippen LogP contribution in [0.2, 0.25) is 5.02 Å². The van der Waals surface area contributed by atoms with Crippen LogP contribution >= 0.6 is 22.9 Å². The maximum atomic E-state index is 12.6. The monoisotopic (exact) mass is 369 g/mol. The first-order valence-corrected chi connectivity index (χ1v) is 10.0. The van der Waals surface area contributed by atoms with E-state index >= 15 is 0 Å². The molecule has 1 aliphatic heterocycles. The largest absolute Gasteiger partial charge is 0.293 e. The van der Waals surface area contributed by atoms with Crippen molar-refractivity contribution in [2.45, 2.75) is 17.7 Å². The molecule has 7 heteroatoms. The Balaban J connectivity index is 1.70. The maximum absolute atomic E-state index is 12.6. The second kappa shape index (κ2) is 6.73. The second-order valence-electron chi connectivity index (χ2n) is 5.48. The summed E-state index contributed by atoms with van der Waals surface area (Å²) in [5, 5.41) is 2.28. The van der Waals surface area contributed by atoms with E-state index in [2.05, 4.69) is 0 Å². The molecular weight excluding hydrogens is 354 g/mol. The Labute approximate surface area is 144 Å². The first-order valence-electron chi connectivity index (χ1n) is 7.32. The van der Waals surface area contributed by atoms with Gasteiger partial charge in [-0.2, -0.15) is 4.31 Å². The fourth-order valence-electron chi connectivity index (χ4n) is 2.75. The molecule has 23 heavy (non-hydrogen) atoms. The maximum Gasteiger partial charge on any atom is 0.243 e. The number of carbonyl (C=O) groups excluding carboxylic acids is 1. The van der Waals surface area contributed by atoms with Crippen LogP contribution in [0.5, 0.6) is 0 Å². The van der Waals surface area contributed by atoms with E-state index in [9.17, 15) is 13.2 Å². The van der Waals surface area contributed by atoms with Crippen LogP contribution in [0.4, 0.5) is 0 Å². The highest BCUT2D eigenvalue weighted by molar-refractivity contribution is 7.89. The van der Waals surface area contributed by atoms with Crippen LogP contribution in [0.3, 0.4) is 0 Å². The molecule has 0 unspecified atom stereocenters. The lowest BCUT2D eigenvalue weighted by Crippen LogP contribution is -2.40. The summed E-state index contributed by atoms with van der Waals surface area (Å²) in [6.45, 7) is 0.716. The number of nitrogens with zero attached hydrogens (tertiary/aromatic N) is 1. The number of carbonyl (C=O) groups is 1. The molecular formula is C16H16ClNO3S2. The number of Topliss-reactive ketones (excluding diaryl/α,β-unsaturated/α-hetero) is 1. The average Bonchev–Trinajstić information content (AvgIpc) is 3.09. The summed E-state index contributed by atoms with van der Waals surface area (Å²) in [5.74, 6) is 0.0271. The van der Waals surface area contributed by atoms with Crippen molar-refractivity contribution in [1.82, 2.24) is 4.31 Å². The zero-order valence-corrected chi connectivity index (χ0v) is 14.7. The highest BCUT2D eigenvalue weighted by Gasteiger charge is 2.32. The molecule has 0 radical (unpaired) electrons. The molecule has 2 aromatic rings. The van der Waals surface area contributed by atoms with Crippen LogP contribution in [0, 0.1) is 5.92 Å². The van der Waals surface area contributed by atoms with Crippen LogP contribution < -0.4 is 0 Å². The summed E-state index contributed by atoms with van der Waals surface area (Å²) in [6, 6.07) is 9.96. The lowest BCUT2D eigenvalue weighted by atomic mass is 9.93. The third kappa shape index (κ3) is 3.50. The molecule has 1 aromatic heterocycles.